The van der Waals surface area contributed by atoms with E-state index in [-0.39, 0.29) is 23.6 Å². The summed E-state index contributed by atoms with van der Waals surface area (Å²) in [5.41, 5.74) is 2.13. The van der Waals surface area contributed by atoms with Gasteiger partial charge in [-0.25, -0.2) is 0 Å². The van der Waals surface area contributed by atoms with Gasteiger partial charge in [0.25, 0.3) is 11.8 Å². The van der Waals surface area contributed by atoms with Gasteiger partial charge in [-0.05, 0) is 56.0 Å². The highest BCUT2D eigenvalue weighted by Gasteiger charge is 2.34. The van der Waals surface area contributed by atoms with E-state index in [1.807, 2.05) is 37.3 Å². The maximum absolute atomic E-state index is 12.9. The number of carbonyl (C=O) groups is 3. The van der Waals surface area contributed by atoms with Gasteiger partial charge in [0.05, 0.1) is 0 Å². The molecule has 1 saturated heterocycles. The van der Waals surface area contributed by atoms with Crippen LogP contribution in [0.3, 0.4) is 0 Å². The minimum absolute atomic E-state index is 0.0267. The molecule has 1 unspecified atom stereocenters. The fourth-order valence-corrected chi connectivity index (χ4v) is 4.33. The molecule has 1 fully saturated rings. The number of carbonyl (C=O) groups excluding carboxylic acids is 3. The minimum Gasteiger partial charge on any atom is -0.351 e. The number of hydrogen-bond donors (Lipinski definition) is 2. The van der Waals surface area contributed by atoms with E-state index in [0.717, 1.165) is 10.0 Å². The molecule has 0 aliphatic carbocycles. The molecule has 2 aromatic rings. The first-order chi connectivity index (χ1) is 15.4. The average Bonchev–Trinajstić information content (AvgIpc) is 2.80. The minimum atomic E-state index is -0.675. The SMILES string of the molecule is C=CCNC(=O)C(NC(=O)c1cccc(C)c1)C1CCN(C(=O)c2cccc(Br)c2)CC1. The third-order valence-corrected chi connectivity index (χ3v) is 6.13. The molecule has 1 aliphatic heterocycles. The van der Waals surface area contributed by atoms with E-state index in [0.29, 0.717) is 43.6 Å². The Kier molecular flexibility index (Phi) is 8.22. The molecule has 168 valence electrons. The van der Waals surface area contributed by atoms with Crippen LogP contribution in [-0.2, 0) is 4.79 Å². The molecular weight excluding hydrogens is 470 g/mol. The second-order valence-electron chi connectivity index (χ2n) is 7.99. The summed E-state index contributed by atoms with van der Waals surface area (Å²) in [6.45, 7) is 6.95. The Hall–Kier alpha value is -2.93. The van der Waals surface area contributed by atoms with Gasteiger partial charge in [0.15, 0.2) is 0 Å². The highest BCUT2D eigenvalue weighted by Crippen LogP contribution is 2.24. The number of piperidine rings is 1. The van der Waals surface area contributed by atoms with E-state index in [2.05, 4.69) is 33.1 Å². The number of amides is 3. The van der Waals surface area contributed by atoms with Gasteiger partial charge in [0.1, 0.15) is 6.04 Å². The molecule has 0 radical (unpaired) electrons. The summed E-state index contributed by atoms with van der Waals surface area (Å²) in [6, 6.07) is 13.9. The maximum Gasteiger partial charge on any atom is 0.253 e. The van der Waals surface area contributed by atoms with Crippen molar-refractivity contribution in [3.05, 3.63) is 82.3 Å². The third-order valence-electron chi connectivity index (χ3n) is 5.64. The van der Waals surface area contributed by atoms with Gasteiger partial charge >= 0.3 is 0 Å². The van der Waals surface area contributed by atoms with Crippen LogP contribution in [0.2, 0.25) is 0 Å². The Morgan fingerprint density at radius 3 is 2.47 bits per heavy atom. The number of likely N-dealkylation sites (tertiary alicyclic amines) is 1. The predicted octanol–water partition coefficient (Wildman–Crippen LogP) is 3.71. The molecule has 0 saturated carbocycles. The smallest absolute Gasteiger partial charge is 0.253 e. The zero-order valence-corrected chi connectivity index (χ0v) is 19.7. The lowest BCUT2D eigenvalue weighted by Gasteiger charge is -2.36. The molecule has 6 nitrogen and oxygen atoms in total. The third kappa shape index (κ3) is 6.07. The van der Waals surface area contributed by atoms with Crippen molar-refractivity contribution in [2.24, 2.45) is 5.92 Å². The highest BCUT2D eigenvalue weighted by molar-refractivity contribution is 9.10. The van der Waals surface area contributed by atoms with Gasteiger partial charge in [-0.3, -0.25) is 14.4 Å². The molecule has 2 aromatic carbocycles. The van der Waals surface area contributed by atoms with Crippen LogP contribution >= 0.6 is 15.9 Å². The van der Waals surface area contributed by atoms with Crippen LogP contribution in [0, 0.1) is 12.8 Å². The van der Waals surface area contributed by atoms with Gasteiger partial charge in [0, 0.05) is 35.2 Å². The summed E-state index contributed by atoms with van der Waals surface area (Å²) in [5, 5.41) is 5.73. The van der Waals surface area contributed by atoms with E-state index >= 15 is 0 Å². The molecule has 0 spiro atoms. The first-order valence-corrected chi connectivity index (χ1v) is 11.5. The zero-order chi connectivity index (χ0) is 23.1. The fraction of sp³-hybridized carbons (Fsp3) is 0.320. The van der Waals surface area contributed by atoms with Crippen molar-refractivity contribution in [3.63, 3.8) is 0 Å². The van der Waals surface area contributed by atoms with E-state index in [4.69, 9.17) is 0 Å². The van der Waals surface area contributed by atoms with Crippen LogP contribution < -0.4 is 10.6 Å². The van der Waals surface area contributed by atoms with Crippen molar-refractivity contribution in [3.8, 4) is 0 Å². The Morgan fingerprint density at radius 2 is 1.81 bits per heavy atom. The number of nitrogens with one attached hydrogen (secondary N) is 2. The normalized spacial score (nSPS) is 15.0. The van der Waals surface area contributed by atoms with Crippen molar-refractivity contribution >= 4 is 33.7 Å². The van der Waals surface area contributed by atoms with Crippen LogP contribution in [0.4, 0.5) is 0 Å². The largest absolute Gasteiger partial charge is 0.351 e. The molecular formula is C25H28BrN3O3. The van der Waals surface area contributed by atoms with E-state index in [1.165, 1.54) is 0 Å². The molecule has 0 aromatic heterocycles. The van der Waals surface area contributed by atoms with Crippen LogP contribution in [0.15, 0.2) is 65.7 Å². The monoisotopic (exact) mass is 497 g/mol. The first-order valence-electron chi connectivity index (χ1n) is 10.7. The molecule has 2 N–H and O–H groups in total. The van der Waals surface area contributed by atoms with Gasteiger partial charge in [-0.15, -0.1) is 6.58 Å². The van der Waals surface area contributed by atoms with Crippen molar-refractivity contribution in [2.75, 3.05) is 19.6 Å². The fourth-order valence-electron chi connectivity index (χ4n) is 3.93. The van der Waals surface area contributed by atoms with Gasteiger partial charge in [0.2, 0.25) is 5.91 Å². The Bertz CT molecular complexity index is 999. The lowest BCUT2D eigenvalue weighted by atomic mass is 9.88. The summed E-state index contributed by atoms with van der Waals surface area (Å²) < 4.78 is 0.857. The standard InChI is InChI=1S/C25H28BrN3O3/c1-3-12-27-24(31)22(28-23(30)19-7-4-6-17(2)15-19)18-10-13-29(14-11-18)25(32)20-8-5-9-21(26)16-20/h3-9,15-16,18,22H,1,10-14H2,2H3,(H,27,31)(H,28,30). The average molecular weight is 498 g/mol. The van der Waals surface area contributed by atoms with Crippen molar-refractivity contribution in [1.29, 1.82) is 0 Å². The molecule has 3 rings (SSSR count). The predicted molar refractivity (Wildman–Crippen MR) is 128 cm³/mol. The van der Waals surface area contributed by atoms with E-state index in [1.54, 1.807) is 29.2 Å². The molecule has 7 heteroatoms. The molecule has 3 amide bonds. The van der Waals surface area contributed by atoms with Crippen LogP contribution in [0.5, 0.6) is 0 Å². The zero-order valence-electron chi connectivity index (χ0n) is 18.1. The Morgan fingerprint density at radius 1 is 1.12 bits per heavy atom. The van der Waals surface area contributed by atoms with E-state index in [9.17, 15) is 14.4 Å². The van der Waals surface area contributed by atoms with Crippen molar-refractivity contribution in [2.45, 2.75) is 25.8 Å². The number of aryl methyl sites for hydroxylation is 1. The van der Waals surface area contributed by atoms with Crippen LogP contribution in [0.1, 0.15) is 39.1 Å². The second-order valence-corrected chi connectivity index (χ2v) is 8.91. The topological polar surface area (TPSA) is 78.5 Å². The molecule has 0 bridgehead atoms. The molecule has 32 heavy (non-hydrogen) atoms. The summed E-state index contributed by atoms with van der Waals surface area (Å²) in [6.07, 6.45) is 2.86. The van der Waals surface area contributed by atoms with Crippen molar-refractivity contribution < 1.29 is 14.4 Å². The maximum atomic E-state index is 12.9. The van der Waals surface area contributed by atoms with Gasteiger partial charge < -0.3 is 15.5 Å². The summed E-state index contributed by atoms with van der Waals surface area (Å²) >= 11 is 3.40. The van der Waals surface area contributed by atoms with Gasteiger partial charge in [-0.1, -0.05) is 45.8 Å². The molecule has 1 heterocycles. The summed E-state index contributed by atoms with van der Waals surface area (Å²) in [5.74, 6) is -0.607. The van der Waals surface area contributed by atoms with Crippen molar-refractivity contribution in [1.82, 2.24) is 15.5 Å². The Balaban J connectivity index is 1.69. The van der Waals surface area contributed by atoms with Crippen LogP contribution in [-0.4, -0.2) is 48.3 Å². The number of nitrogens with zero attached hydrogens (tertiary/aromatic N) is 1. The van der Waals surface area contributed by atoms with E-state index < -0.39 is 6.04 Å². The van der Waals surface area contributed by atoms with Gasteiger partial charge in [-0.2, -0.15) is 0 Å². The lowest BCUT2D eigenvalue weighted by Crippen LogP contribution is -2.53. The summed E-state index contributed by atoms with van der Waals surface area (Å²) in [4.78, 5) is 40.3. The lowest BCUT2D eigenvalue weighted by molar-refractivity contribution is -0.124. The molecule has 1 atom stereocenters. The number of halogens is 1. The quantitative estimate of drug-likeness (QED) is 0.572. The number of benzene rings is 2. The highest BCUT2D eigenvalue weighted by atomic mass is 79.9. The van der Waals surface area contributed by atoms with Crippen LogP contribution in [0.25, 0.3) is 0 Å². The molecule has 1 aliphatic rings. The number of rotatable bonds is 7. The Labute approximate surface area is 197 Å². The first kappa shape index (κ1) is 23.7. The summed E-state index contributed by atoms with van der Waals surface area (Å²) in [7, 11) is 0. The second kappa shape index (κ2) is 11.1. The number of hydrogen-bond acceptors (Lipinski definition) is 3.